The fourth-order valence-corrected chi connectivity index (χ4v) is 2.27. The van der Waals surface area contributed by atoms with E-state index >= 15 is 0 Å². The number of hydrogen-bond donors (Lipinski definition) is 3. The van der Waals surface area contributed by atoms with Crippen LogP contribution in [0.2, 0.25) is 0 Å². The van der Waals surface area contributed by atoms with Crippen LogP contribution in [0, 0.1) is 0 Å². The third-order valence-electron chi connectivity index (χ3n) is 2.96. The van der Waals surface area contributed by atoms with Crippen LogP contribution < -0.4 is 11.1 Å². The molecule has 0 unspecified atom stereocenters. The number of rotatable bonds is 2. The molecule has 0 saturated carbocycles. The quantitative estimate of drug-likeness (QED) is 0.631. The SMILES string of the molecule is Nc1ccc(C(=O)Nc2ccc3cn[nH]c3c2)cc1Br. The number of H-pyrrole nitrogens is 1. The van der Waals surface area contributed by atoms with Crippen molar-refractivity contribution in [2.24, 2.45) is 0 Å². The van der Waals surface area contributed by atoms with E-state index in [0.29, 0.717) is 21.4 Å². The second kappa shape index (κ2) is 4.97. The van der Waals surface area contributed by atoms with Crippen molar-refractivity contribution in [3.8, 4) is 0 Å². The molecular formula is C14H11BrN4O. The first-order valence-corrected chi connectivity index (χ1v) is 6.72. The first kappa shape index (κ1) is 12.7. The summed E-state index contributed by atoms with van der Waals surface area (Å²) in [5, 5.41) is 10.6. The van der Waals surface area contributed by atoms with Crippen molar-refractivity contribution in [2.75, 3.05) is 11.1 Å². The molecule has 1 amide bonds. The standard InChI is InChI=1S/C14H11BrN4O/c15-11-5-8(2-4-12(11)16)14(20)18-10-3-1-9-7-17-19-13(9)6-10/h1-7H,16H2,(H,17,19)(H,18,20). The Labute approximate surface area is 123 Å². The highest BCUT2D eigenvalue weighted by Gasteiger charge is 2.08. The number of nitrogen functional groups attached to an aromatic ring is 1. The Morgan fingerprint density at radius 1 is 1.25 bits per heavy atom. The maximum Gasteiger partial charge on any atom is 0.255 e. The third-order valence-corrected chi connectivity index (χ3v) is 3.65. The van der Waals surface area contributed by atoms with Crippen LogP contribution in [-0.2, 0) is 0 Å². The van der Waals surface area contributed by atoms with Gasteiger partial charge in [-0.2, -0.15) is 5.10 Å². The van der Waals surface area contributed by atoms with Gasteiger partial charge in [0.2, 0.25) is 0 Å². The normalized spacial score (nSPS) is 10.7. The van der Waals surface area contributed by atoms with Gasteiger partial charge in [-0.05, 0) is 52.3 Å². The van der Waals surface area contributed by atoms with E-state index in [1.807, 2.05) is 18.2 Å². The lowest BCUT2D eigenvalue weighted by Crippen LogP contribution is -2.12. The topological polar surface area (TPSA) is 83.8 Å². The van der Waals surface area contributed by atoms with Crippen molar-refractivity contribution in [1.29, 1.82) is 0 Å². The summed E-state index contributed by atoms with van der Waals surface area (Å²) in [5.41, 5.74) is 8.42. The van der Waals surface area contributed by atoms with Crippen LogP contribution >= 0.6 is 15.9 Å². The van der Waals surface area contributed by atoms with Gasteiger partial charge in [-0.3, -0.25) is 9.89 Å². The van der Waals surface area contributed by atoms with Crippen molar-refractivity contribution in [3.05, 3.63) is 52.6 Å². The van der Waals surface area contributed by atoms with Crippen molar-refractivity contribution < 1.29 is 4.79 Å². The number of benzene rings is 2. The van der Waals surface area contributed by atoms with E-state index in [1.54, 1.807) is 24.4 Å². The van der Waals surface area contributed by atoms with Crippen molar-refractivity contribution in [3.63, 3.8) is 0 Å². The van der Waals surface area contributed by atoms with Crippen LogP contribution in [-0.4, -0.2) is 16.1 Å². The van der Waals surface area contributed by atoms with Crippen LogP contribution in [0.1, 0.15) is 10.4 Å². The van der Waals surface area contributed by atoms with E-state index in [1.165, 1.54) is 0 Å². The second-order valence-electron chi connectivity index (χ2n) is 4.36. The van der Waals surface area contributed by atoms with E-state index in [9.17, 15) is 4.79 Å². The van der Waals surface area contributed by atoms with E-state index in [0.717, 1.165) is 10.9 Å². The van der Waals surface area contributed by atoms with Crippen molar-refractivity contribution in [1.82, 2.24) is 10.2 Å². The second-order valence-corrected chi connectivity index (χ2v) is 5.22. The molecule has 0 aliphatic heterocycles. The van der Waals surface area contributed by atoms with Crippen LogP contribution in [0.4, 0.5) is 11.4 Å². The summed E-state index contributed by atoms with van der Waals surface area (Å²) in [6.45, 7) is 0. The number of carbonyl (C=O) groups excluding carboxylic acids is 1. The Kier molecular flexibility index (Phi) is 3.15. The van der Waals surface area contributed by atoms with Gasteiger partial charge in [0.1, 0.15) is 0 Å². The summed E-state index contributed by atoms with van der Waals surface area (Å²) >= 11 is 3.31. The number of aromatic amines is 1. The number of nitrogens with zero attached hydrogens (tertiary/aromatic N) is 1. The Balaban J connectivity index is 1.85. The molecule has 20 heavy (non-hydrogen) atoms. The molecule has 2 aromatic carbocycles. The molecular weight excluding hydrogens is 320 g/mol. The molecule has 5 nitrogen and oxygen atoms in total. The number of nitrogens with two attached hydrogens (primary N) is 1. The van der Waals surface area contributed by atoms with E-state index < -0.39 is 0 Å². The van der Waals surface area contributed by atoms with E-state index in [2.05, 4.69) is 31.4 Å². The molecule has 4 N–H and O–H groups in total. The molecule has 100 valence electrons. The lowest BCUT2D eigenvalue weighted by Gasteiger charge is -2.06. The molecule has 0 aliphatic rings. The predicted molar refractivity (Wildman–Crippen MR) is 82.6 cm³/mol. The molecule has 0 atom stereocenters. The van der Waals surface area contributed by atoms with Gasteiger partial charge in [-0.25, -0.2) is 0 Å². The number of nitrogens with one attached hydrogen (secondary N) is 2. The highest BCUT2D eigenvalue weighted by molar-refractivity contribution is 9.10. The molecule has 3 aromatic rings. The van der Waals surface area contributed by atoms with E-state index in [4.69, 9.17) is 5.73 Å². The zero-order valence-electron chi connectivity index (χ0n) is 10.4. The molecule has 0 saturated heterocycles. The minimum absolute atomic E-state index is 0.190. The van der Waals surface area contributed by atoms with Crippen molar-refractivity contribution in [2.45, 2.75) is 0 Å². The van der Waals surface area contributed by atoms with Crippen LogP contribution in [0.3, 0.4) is 0 Å². The van der Waals surface area contributed by atoms with Gasteiger partial charge in [0, 0.05) is 26.8 Å². The number of amides is 1. The molecule has 3 rings (SSSR count). The number of carbonyl (C=O) groups is 1. The fourth-order valence-electron chi connectivity index (χ4n) is 1.89. The minimum atomic E-state index is -0.190. The molecule has 1 heterocycles. The average molecular weight is 331 g/mol. The lowest BCUT2D eigenvalue weighted by atomic mass is 10.2. The van der Waals surface area contributed by atoms with Gasteiger partial charge >= 0.3 is 0 Å². The Morgan fingerprint density at radius 3 is 2.90 bits per heavy atom. The maximum absolute atomic E-state index is 12.2. The Bertz CT molecular complexity index is 797. The molecule has 6 heteroatoms. The van der Waals surface area contributed by atoms with Crippen molar-refractivity contribution >= 4 is 44.1 Å². The molecule has 1 aromatic heterocycles. The summed E-state index contributed by atoms with van der Waals surface area (Å²) < 4.78 is 0.703. The van der Waals surface area contributed by atoms with E-state index in [-0.39, 0.29) is 5.91 Å². The molecule has 0 spiro atoms. The zero-order chi connectivity index (χ0) is 14.1. The van der Waals surface area contributed by atoms with Crippen LogP contribution in [0.15, 0.2) is 47.1 Å². The average Bonchev–Trinajstić information content (AvgIpc) is 2.89. The number of hydrogen-bond acceptors (Lipinski definition) is 3. The number of fused-ring (bicyclic) bond motifs is 1. The third kappa shape index (κ3) is 2.37. The first-order chi connectivity index (χ1) is 9.63. The highest BCUT2D eigenvalue weighted by Crippen LogP contribution is 2.22. The van der Waals surface area contributed by atoms with Crippen LogP contribution in [0.25, 0.3) is 10.9 Å². The van der Waals surface area contributed by atoms with Gasteiger partial charge in [0.25, 0.3) is 5.91 Å². The predicted octanol–water partition coefficient (Wildman–Crippen LogP) is 3.16. The summed E-state index contributed by atoms with van der Waals surface area (Å²) in [4.78, 5) is 12.2. The molecule has 0 radical (unpaired) electrons. The van der Waals surface area contributed by atoms with Gasteiger partial charge in [0.05, 0.1) is 11.7 Å². The van der Waals surface area contributed by atoms with Gasteiger partial charge in [0.15, 0.2) is 0 Å². The fraction of sp³-hybridized carbons (Fsp3) is 0. The molecule has 0 bridgehead atoms. The molecule has 0 fully saturated rings. The van der Waals surface area contributed by atoms with Gasteiger partial charge in [-0.1, -0.05) is 0 Å². The smallest absolute Gasteiger partial charge is 0.255 e. The lowest BCUT2D eigenvalue weighted by molar-refractivity contribution is 0.102. The maximum atomic E-state index is 12.2. The number of anilines is 2. The van der Waals surface area contributed by atoms with Gasteiger partial charge in [-0.15, -0.1) is 0 Å². The highest BCUT2D eigenvalue weighted by atomic mass is 79.9. The zero-order valence-corrected chi connectivity index (χ0v) is 11.9. The summed E-state index contributed by atoms with van der Waals surface area (Å²) in [7, 11) is 0. The summed E-state index contributed by atoms with van der Waals surface area (Å²) in [6, 6.07) is 10.6. The largest absolute Gasteiger partial charge is 0.398 e. The van der Waals surface area contributed by atoms with Crippen LogP contribution in [0.5, 0.6) is 0 Å². The Morgan fingerprint density at radius 2 is 2.10 bits per heavy atom. The number of halogens is 1. The number of aromatic nitrogens is 2. The summed E-state index contributed by atoms with van der Waals surface area (Å²) in [5.74, 6) is -0.190. The van der Waals surface area contributed by atoms with Gasteiger partial charge < -0.3 is 11.1 Å². The first-order valence-electron chi connectivity index (χ1n) is 5.93. The summed E-state index contributed by atoms with van der Waals surface area (Å²) in [6.07, 6.45) is 1.73. The Hall–Kier alpha value is -2.34. The monoisotopic (exact) mass is 330 g/mol. The minimum Gasteiger partial charge on any atom is -0.398 e. The molecule has 0 aliphatic carbocycles.